The fourth-order valence-corrected chi connectivity index (χ4v) is 1.60. The molecular weight excluding hydrogens is 179 g/mol. The van der Waals surface area contributed by atoms with Crippen molar-refractivity contribution < 1.29 is 8.81 Å². The molecule has 0 amide bonds. The second kappa shape index (κ2) is 2.84. The summed E-state index contributed by atoms with van der Waals surface area (Å²) in [4.78, 5) is 0. The first-order valence-corrected chi connectivity index (χ1v) is 4.66. The zero-order chi connectivity index (χ0) is 10.3. The SMILES string of the molecule is CC(C)(C)c1cc(F)cc2ccoc12. The van der Waals surface area contributed by atoms with Gasteiger partial charge in [0, 0.05) is 10.9 Å². The van der Waals surface area contributed by atoms with E-state index in [1.54, 1.807) is 18.4 Å². The van der Waals surface area contributed by atoms with Gasteiger partial charge in [0.15, 0.2) is 0 Å². The minimum Gasteiger partial charge on any atom is -0.464 e. The lowest BCUT2D eigenvalue weighted by Gasteiger charge is -2.19. The molecule has 0 saturated carbocycles. The molecule has 14 heavy (non-hydrogen) atoms. The van der Waals surface area contributed by atoms with Gasteiger partial charge in [0.25, 0.3) is 0 Å². The Hall–Kier alpha value is -1.31. The van der Waals surface area contributed by atoms with Crippen LogP contribution in [0.2, 0.25) is 0 Å². The van der Waals surface area contributed by atoms with Gasteiger partial charge in [-0.1, -0.05) is 20.8 Å². The van der Waals surface area contributed by atoms with Crippen LogP contribution in [0.4, 0.5) is 4.39 Å². The van der Waals surface area contributed by atoms with Crippen LogP contribution >= 0.6 is 0 Å². The van der Waals surface area contributed by atoms with Crippen LogP contribution in [-0.2, 0) is 5.41 Å². The molecule has 1 heterocycles. The van der Waals surface area contributed by atoms with Crippen LogP contribution in [0.5, 0.6) is 0 Å². The van der Waals surface area contributed by atoms with Gasteiger partial charge in [-0.05, 0) is 23.6 Å². The normalized spacial score (nSPS) is 12.3. The summed E-state index contributed by atoms with van der Waals surface area (Å²) in [5.74, 6) is -0.205. The summed E-state index contributed by atoms with van der Waals surface area (Å²) < 4.78 is 18.6. The molecule has 0 atom stereocenters. The highest BCUT2D eigenvalue weighted by Gasteiger charge is 2.19. The largest absolute Gasteiger partial charge is 0.464 e. The van der Waals surface area contributed by atoms with E-state index in [1.165, 1.54) is 6.07 Å². The number of furan rings is 1. The Balaban J connectivity index is 2.80. The van der Waals surface area contributed by atoms with Gasteiger partial charge in [0.1, 0.15) is 11.4 Å². The maximum atomic E-state index is 13.3. The predicted octanol–water partition coefficient (Wildman–Crippen LogP) is 3.87. The van der Waals surface area contributed by atoms with E-state index in [-0.39, 0.29) is 11.2 Å². The Morgan fingerprint density at radius 2 is 1.93 bits per heavy atom. The molecule has 74 valence electrons. The molecule has 0 N–H and O–H groups in total. The molecule has 0 unspecified atom stereocenters. The van der Waals surface area contributed by atoms with E-state index in [4.69, 9.17) is 4.42 Å². The Kier molecular flexibility index (Phi) is 1.88. The third-order valence-corrected chi connectivity index (χ3v) is 2.32. The predicted molar refractivity (Wildman–Crippen MR) is 54.9 cm³/mol. The van der Waals surface area contributed by atoms with Gasteiger partial charge in [0.2, 0.25) is 0 Å². The van der Waals surface area contributed by atoms with Crippen LogP contribution < -0.4 is 0 Å². The van der Waals surface area contributed by atoms with E-state index in [0.717, 1.165) is 16.5 Å². The summed E-state index contributed by atoms with van der Waals surface area (Å²) >= 11 is 0. The number of hydrogen-bond donors (Lipinski definition) is 0. The van der Waals surface area contributed by atoms with Crippen molar-refractivity contribution in [2.45, 2.75) is 26.2 Å². The first-order chi connectivity index (χ1) is 6.48. The first-order valence-electron chi connectivity index (χ1n) is 4.66. The molecule has 0 aliphatic rings. The average molecular weight is 192 g/mol. The molecule has 2 rings (SSSR count). The van der Waals surface area contributed by atoms with Gasteiger partial charge in [-0.15, -0.1) is 0 Å². The van der Waals surface area contributed by atoms with Gasteiger partial charge in [-0.3, -0.25) is 0 Å². The van der Waals surface area contributed by atoms with Crippen molar-refractivity contribution in [1.29, 1.82) is 0 Å². The van der Waals surface area contributed by atoms with Gasteiger partial charge >= 0.3 is 0 Å². The second-order valence-corrected chi connectivity index (χ2v) is 4.54. The van der Waals surface area contributed by atoms with Crippen LogP contribution in [0.15, 0.2) is 28.9 Å². The van der Waals surface area contributed by atoms with Crippen LogP contribution in [0.1, 0.15) is 26.3 Å². The Morgan fingerprint density at radius 1 is 1.21 bits per heavy atom. The topological polar surface area (TPSA) is 13.1 Å². The molecule has 0 radical (unpaired) electrons. The number of halogens is 1. The van der Waals surface area contributed by atoms with Gasteiger partial charge in [-0.25, -0.2) is 4.39 Å². The maximum absolute atomic E-state index is 13.3. The van der Waals surface area contributed by atoms with Crippen LogP contribution in [0.3, 0.4) is 0 Å². The minimum atomic E-state index is -0.205. The molecule has 0 bridgehead atoms. The minimum absolute atomic E-state index is 0.0990. The van der Waals surface area contributed by atoms with E-state index < -0.39 is 0 Å². The monoisotopic (exact) mass is 192 g/mol. The molecule has 1 aromatic carbocycles. The number of benzene rings is 1. The highest BCUT2D eigenvalue weighted by atomic mass is 19.1. The lowest BCUT2D eigenvalue weighted by atomic mass is 9.86. The van der Waals surface area contributed by atoms with Crippen LogP contribution in [0.25, 0.3) is 11.0 Å². The van der Waals surface area contributed by atoms with Crippen molar-refractivity contribution in [3.8, 4) is 0 Å². The Morgan fingerprint density at radius 3 is 2.57 bits per heavy atom. The number of fused-ring (bicyclic) bond motifs is 1. The quantitative estimate of drug-likeness (QED) is 0.617. The van der Waals surface area contributed by atoms with Gasteiger partial charge in [0.05, 0.1) is 6.26 Å². The third-order valence-electron chi connectivity index (χ3n) is 2.32. The molecule has 0 fully saturated rings. The van der Waals surface area contributed by atoms with Gasteiger partial charge in [-0.2, -0.15) is 0 Å². The summed E-state index contributed by atoms with van der Waals surface area (Å²) in [6.45, 7) is 6.14. The van der Waals surface area contributed by atoms with E-state index in [9.17, 15) is 4.39 Å². The molecule has 0 saturated heterocycles. The maximum Gasteiger partial charge on any atom is 0.137 e. The zero-order valence-corrected chi connectivity index (χ0v) is 8.60. The van der Waals surface area contributed by atoms with E-state index in [0.29, 0.717) is 0 Å². The van der Waals surface area contributed by atoms with Crippen molar-refractivity contribution in [2.75, 3.05) is 0 Å². The van der Waals surface area contributed by atoms with Crippen LogP contribution in [0, 0.1) is 5.82 Å². The van der Waals surface area contributed by atoms with Crippen molar-refractivity contribution >= 4 is 11.0 Å². The molecule has 1 nitrogen and oxygen atoms in total. The highest BCUT2D eigenvalue weighted by molar-refractivity contribution is 5.81. The zero-order valence-electron chi connectivity index (χ0n) is 8.60. The fraction of sp³-hybridized carbons (Fsp3) is 0.333. The van der Waals surface area contributed by atoms with E-state index >= 15 is 0 Å². The molecule has 2 heteroatoms. The van der Waals surface area contributed by atoms with Crippen LogP contribution in [-0.4, -0.2) is 0 Å². The average Bonchev–Trinajstić information content (AvgIpc) is 2.47. The van der Waals surface area contributed by atoms with Crippen molar-refractivity contribution in [1.82, 2.24) is 0 Å². The summed E-state index contributed by atoms with van der Waals surface area (Å²) in [5, 5.41) is 0.829. The third kappa shape index (κ3) is 1.41. The van der Waals surface area contributed by atoms with Crippen molar-refractivity contribution in [3.05, 3.63) is 35.8 Å². The molecule has 0 spiro atoms. The highest BCUT2D eigenvalue weighted by Crippen LogP contribution is 2.31. The van der Waals surface area contributed by atoms with E-state index in [1.807, 2.05) is 20.8 Å². The lowest BCUT2D eigenvalue weighted by molar-refractivity contribution is 0.549. The summed E-state index contributed by atoms with van der Waals surface area (Å²) in [6.07, 6.45) is 1.60. The first kappa shape index (κ1) is 9.25. The molecule has 0 aliphatic heterocycles. The second-order valence-electron chi connectivity index (χ2n) is 4.54. The molecule has 1 aromatic heterocycles. The lowest BCUT2D eigenvalue weighted by Crippen LogP contribution is -2.11. The summed E-state index contributed by atoms with van der Waals surface area (Å²) in [7, 11) is 0. The molecule has 0 aliphatic carbocycles. The van der Waals surface area contributed by atoms with Gasteiger partial charge < -0.3 is 4.42 Å². The Bertz CT molecular complexity index is 463. The number of hydrogen-bond acceptors (Lipinski definition) is 1. The summed E-state index contributed by atoms with van der Waals surface area (Å²) in [5.41, 5.74) is 1.61. The molecule has 2 aromatic rings. The molecular formula is C12H13FO. The van der Waals surface area contributed by atoms with E-state index in [2.05, 4.69) is 0 Å². The van der Waals surface area contributed by atoms with Crippen molar-refractivity contribution in [2.24, 2.45) is 0 Å². The summed E-state index contributed by atoms with van der Waals surface area (Å²) in [6, 6.07) is 4.83. The smallest absolute Gasteiger partial charge is 0.137 e. The standard InChI is InChI=1S/C12H13FO/c1-12(2,3)10-7-9(13)6-8-4-5-14-11(8)10/h4-7H,1-3H3. The Labute approximate surface area is 82.5 Å². The van der Waals surface area contributed by atoms with Crippen molar-refractivity contribution in [3.63, 3.8) is 0 Å². The fourth-order valence-electron chi connectivity index (χ4n) is 1.60. The number of rotatable bonds is 0.